The van der Waals surface area contributed by atoms with Crippen LogP contribution in [0.5, 0.6) is 0 Å². The summed E-state index contributed by atoms with van der Waals surface area (Å²) in [5.74, 6) is -0.0580. The lowest BCUT2D eigenvalue weighted by atomic mass is 10.1. The van der Waals surface area contributed by atoms with Gasteiger partial charge in [0, 0.05) is 24.3 Å². The van der Waals surface area contributed by atoms with E-state index < -0.39 is 0 Å². The Kier molecular flexibility index (Phi) is 9.01. The molecular weight excluding hydrogens is 260 g/mol. The first-order valence-electron chi connectivity index (χ1n) is 8.01. The molecule has 0 aromatic heterocycles. The predicted octanol–water partition coefficient (Wildman–Crippen LogP) is 4.37. The lowest BCUT2D eigenvalue weighted by molar-refractivity contribution is 0.0958. The van der Waals surface area contributed by atoms with E-state index in [4.69, 9.17) is 0 Å². The maximum absolute atomic E-state index is 11.7. The van der Waals surface area contributed by atoms with Crippen molar-refractivity contribution in [3.63, 3.8) is 0 Å². The van der Waals surface area contributed by atoms with Crippen LogP contribution in [-0.4, -0.2) is 19.0 Å². The first-order chi connectivity index (χ1) is 10.3. The summed E-state index contributed by atoms with van der Waals surface area (Å²) in [5.41, 5.74) is 1.76. The van der Waals surface area contributed by atoms with Gasteiger partial charge in [-0.1, -0.05) is 45.1 Å². The van der Waals surface area contributed by atoms with E-state index in [1.165, 1.54) is 38.5 Å². The van der Waals surface area contributed by atoms with Crippen LogP contribution in [0.4, 0.5) is 5.69 Å². The summed E-state index contributed by atoms with van der Waals surface area (Å²) in [6, 6.07) is 7.61. The summed E-state index contributed by atoms with van der Waals surface area (Å²) in [7, 11) is 0. The second kappa shape index (κ2) is 11.0. The molecule has 0 fully saturated rings. The highest BCUT2D eigenvalue weighted by atomic mass is 16.1. The number of amides is 1. The van der Waals surface area contributed by atoms with Gasteiger partial charge in [0.15, 0.2) is 0 Å². The van der Waals surface area contributed by atoms with E-state index in [1.807, 2.05) is 24.3 Å². The molecule has 0 saturated carbocycles. The minimum absolute atomic E-state index is 0.0580. The van der Waals surface area contributed by atoms with Gasteiger partial charge in [-0.05, 0) is 30.7 Å². The molecule has 3 heteroatoms. The summed E-state index contributed by atoms with van der Waals surface area (Å²) in [6.07, 6.45) is 9.49. The molecule has 1 aromatic rings. The quantitative estimate of drug-likeness (QED) is 0.469. The van der Waals surface area contributed by atoms with Gasteiger partial charge in [0.25, 0.3) is 5.91 Å². The van der Waals surface area contributed by atoms with Crippen LogP contribution in [0.15, 0.2) is 36.9 Å². The van der Waals surface area contributed by atoms with Gasteiger partial charge >= 0.3 is 0 Å². The Morgan fingerprint density at radius 1 is 1.10 bits per heavy atom. The van der Waals surface area contributed by atoms with Gasteiger partial charge in [-0.2, -0.15) is 0 Å². The van der Waals surface area contributed by atoms with Crippen molar-refractivity contribution in [1.82, 2.24) is 5.32 Å². The Balaban J connectivity index is 2.22. The van der Waals surface area contributed by atoms with Gasteiger partial charge in [0.2, 0.25) is 0 Å². The highest BCUT2D eigenvalue weighted by Crippen LogP contribution is 2.10. The van der Waals surface area contributed by atoms with Gasteiger partial charge in [0.05, 0.1) is 0 Å². The topological polar surface area (TPSA) is 41.1 Å². The summed E-state index contributed by atoms with van der Waals surface area (Å²) < 4.78 is 0. The van der Waals surface area contributed by atoms with E-state index in [0.717, 1.165) is 12.2 Å². The molecule has 21 heavy (non-hydrogen) atoms. The Morgan fingerprint density at radius 2 is 1.76 bits per heavy atom. The molecule has 0 unspecified atom stereocenters. The lowest BCUT2D eigenvalue weighted by Gasteiger charge is -2.07. The molecule has 0 bridgehead atoms. The second-order valence-electron chi connectivity index (χ2n) is 5.27. The summed E-state index contributed by atoms with van der Waals surface area (Å²) in [6.45, 7) is 7.31. The number of unbranched alkanes of at least 4 members (excludes halogenated alkanes) is 5. The Labute approximate surface area is 128 Å². The highest BCUT2D eigenvalue weighted by molar-refractivity contribution is 5.94. The summed E-state index contributed by atoms with van der Waals surface area (Å²) in [4.78, 5) is 11.7. The minimum Gasteiger partial charge on any atom is -0.385 e. The van der Waals surface area contributed by atoms with E-state index in [2.05, 4.69) is 24.1 Å². The van der Waals surface area contributed by atoms with Gasteiger partial charge < -0.3 is 10.6 Å². The smallest absolute Gasteiger partial charge is 0.251 e. The molecule has 0 heterocycles. The molecule has 1 rings (SSSR count). The molecule has 0 aliphatic carbocycles. The van der Waals surface area contributed by atoms with E-state index in [0.29, 0.717) is 12.1 Å². The van der Waals surface area contributed by atoms with Crippen LogP contribution in [0.2, 0.25) is 0 Å². The summed E-state index contributed by atoms with van der Waals surface area (Å²) >= 11 is 0. The Hall–Kier alpha value is -1.77. The number of nitrogens with one attached hydrogen (secondary N) is 2. The third-order valence-electron chi connectivity index (χ3n) is 3.41. The van der Waals surface area contributed by atoms with Crippen LogP contribution in [-0.2, 0) is 0 Å². The van der Waals surface area contributed by atoms with E-state index in [-0.39, 0.29) is 5.91 Å². The number of anilines is 1. The largest absolute Gasteiger partial charge is 0.385 e. The Bertz CT molecular complexity index is 412. The maximum atomic E-state index is 11.7. The van der Waals surface area contributed by atoms with Crippen molar-refractivity contribution in [2.24, 2.45) is 0 Å². The first-order valence-corrected chi connectivity index (χ1v) is 8.01. The molecule has 1 aromatic carbocycles. The van der Waals surface area contributed by atoms with Crippen LogP contribution in [0.1, 0.15) is 55.8 Å². The molecule has 116 valence electrons. The molecular formula is C18H28N2O. The molecule has 0 aliphatic heterocycles. The van der Waals surface area contributed by atoms with E-state index in [9.17, 15) is 4.79 Å². The van der Waals surface area contributed by atoms with Crippen molar-refractivity contribution in [2.75, 3.05) is 18.4 Å². The van der Waals surface area contributed by atoms with Crippen LogP contribution >= 0.6 is 0 Å². The van der Waals surface area contributed by atoms with Gasteiger partial charge in [-0.3, -0.25) is 4.79 Å². The zero-order valence-electron chi connectivity index (χ0n) is 13.2. The molecule has 0 radical (unpaired) electrons. The summed E-state index contributed by atoms with van der Waals surface area (Å²) in [5, 5.41) is 6.16. The first kappa shape index (κ1) is 17.3. The SMILES string of the molecule is C=CCNC(=O)c1ccc(NCCCCCCCC)cc1. The number of hydrogen-bond acceptors (Lipinski definition) is 2. The minimum atomic E-state index is -0.0580. The third-order valence-corrected chi connectivity index (χ3v) is 3.41. The molecule has 0 aliphatic rings. The Morgan fingerprint density at radius 3 is 2.43 bits per heavy atom. The van der Waals surface area contributed by atoms with E-state index >= 15 is 0 Å². The monoisotopic (exact) mass is 288 g/mol. The van der Waals surface area contributed by atoms with Crippen LogP contribution < -0.4 is 10.6 Å². The molecule has 3 nitrogen and oxygen atoms in total. The van der Waals surface area contributed by atoms with Crippen LogP contribution in [0.25, 0.3) is 0 Å². The number of carbonyl (C=O) groups is 1. The van der Waals surface area contributed by atoms with Crippen molar-refractivity contribution in [1.29, 1.82) is 0 Å². The highest BCUT2D eigenvalue weighted by Gasteiger charge is 2.03. The lowest BCUT2D eigenvalue weighted by Crippen LogP contribution is -2.23. The molecule has 0 spiro atoms. The predicted molar refractivity (Wildman–Crippen MR) is 90.8 cm³/mol. The van der Waals surface area contributed by atoms with Crippen LogP contribution in [0, 0.1) is 0 Å². The van der Waals surface area contributed by atoms with Crippen molar-refractivity contribution in [2.45, 2.75) is 45.4 Å². The van der Waals surface area contributed by atoms with Gasteiger partial charge in [0.1, 0.15) is 0 Å². The average Bonchev–Trinajstić information content (AvgIpc) is 2.52. The zero-order chi connectivity index (χ0) is 15.3. The zero-order valence-corrected chi connectivity index (χ0v) is 13.2. The number of hydrogen-bond donors (Lipinski definition) is 2. The molecule has 1 amide bonds. The number of carbonyl (C=O) groups excluding carboxylic acids is 1. The van der Waals surface area contributed by atoms with E-state index in [1.54, 1.807) is 6.08 Å². The second-order valence-corrected chi connectivity index (χ2v) is 5.27. The normalized spacial score (nSPS) is 10.1. The molecule has 2 N–H and O–H groups in total. The third kappa shape index (κ3) is 7.54. The fourth-order valence-electron chi connectivity index (χ4n) is 2.14. The molecule has 0 atom stereocenters. The van der Waals surface area contributed by atoms with Gasteiger partial charge in [-0.15, -0.1) is 6.58 Å². The standard InChI is InChI=1S/C18H28N2O/c1-3-5-6-7-8-9-15-19-17-12-10-16(11-13-17)18(21)20-14-4-2/h4,10-13,19H,2-3,5-9,14-15H2,1H3,(H,20,21). The van der Waals surface area contributed by atoms with Crippen molar-refractivity contribution < 1.29 is 4.79 Å². The molecule has 0 saturated heterocycles. The van der Waals surface area contributed by atoms with Crippen molar-refractivity contribution in [3.05, 3.63) is 42.5 Å². The van der Waals surface area contributed by atoms with Gasteiger partial charge in [-0.25, -0.2) is 0 Å². The fraction of sp³-hybridized carbons (Fsp3) is 0.500. The van der Waals surface area contributed by atoms with Crippen molar-refractivity contribution >= 4 is 11.6 Å². The van der Waals surface area contributed by atoms with Crippen LogP contribution in [0.3, 0.4) is 0 Å². The number of rotatable bonds is 11. The maximum Gasteiger partial charge on any atom is 0.251 e. The fourth-order valence-corrected chi connectivity index (χ4v) is 2.14. The van der Waals surface area contributed by atoms with Crippen molar-refractivity contribution in [3.8, 4) is 0 Å². The number of benzene rings is 1. The average molecular weight is 288 g/mol.